The highest BCUT2D eigenvalue weighted by atomic mass is 35.5. The van der Waals surface area contributed by atoms with Crippen molar-refractivity contribution in [3.05, 3.63) is 33.9 Å². The zero-order valence-corrected chi connectivity index (χ0v) is 11.8. The lowest BCUT2D eigenvalue weighted by molar-refractivity contribution is -0.120. The molecule has 2 heterocycles. The predicted octanol–water partition coefficient (Wildman–Crippen LogP) is 2.31. The van der Waals surface area contributed by atoms with Crippen LogP contribution in [0.3, 0.4) is 0 Å². The number of fused-ring (bicyclic) bond motifs is 1. The zero-order valence-electron chi connectivity index (χ0n) is 10.2. The Balaban J connectivity index is 1.94. The van der Waals surface area contributed by atoms with Gasteiger partial charge in [-0.25, -0.2) is 4.39 Å². The minimum Gasteiger partial charge on any atom is -0.354 e. The fraction of sp³-hybridized carbons (Fsp3) is 0.231. The zero-order chi connectivity index (χ0) is 14.3. The summed E-state index contributed by atoms with van der Waals surface area (Å²) in [6.07, 6.45) is 0.543. The Morgan fingerprint density at radius 3 is 2.95 bits per heavy atom. The van der Waals surface area contributed by atoms with E-state index in [9.17, 15) is 14.0 Å². The highest BCUT2D eigenvalue weighted by molar-refractivity contribution is 7.21. The summed E-state index contributed by atoms with van der Waals surface area (Å²) in [6.45, 7) is 0.540. The van der Waals surface area contributed by atoms with Gasteiger partial charge in [0.1, 0.15) is 16.7 Å². The van der Waals surface area contributed by atoms with Gasteiger partial charge in [0.15, 0.2) is 0 Å². The van der Waals surface area contributed by atoms with E-state index < -0.39 is 17.8 Å². The van der Waals surface area contributed by atoms with Crippen LogP contribution in [-0.4, -0.2) is 24.4 Å². The van der Waals surface area contributed by atoms with Gasteiger partial charge >= 0.3 is 0 Å². The molecule has 0 radical (unpaired) electrons. The van der Waals surface area contributed by atoms with Crippen molar-refractivity contribution in [1.29, 1.82) is 0 Å². The Bertz CT molecular complexity index is 716. The smallest absolute Gasteiger partial charge is 0.263 e. The molecule has 2 amide bonds. The Kier molecular flexibility index (Phi) is 3.35. The molecule has 0 bridgehead atoms. The van der Waals surface area contributed by atoms with E-state index in [1.807, 2.05) is 0 Å². The van der Waals surface area contributed by atoms with Gasteiger partial charge in [-0.3, -0.25) is 9.59 Å². The Morgan fingerprint density at radius 1 is 1.50 bits per heavy atom. The molecule has 104 valence electrons. The molecule has 0 saturated carbocycles. The van der Waals surface area contributed by atoms with E-state index in [1.165, 1.54) is 6.07 Å². The monoisotopic (exact) mass is 312 g/mol. The van der Waals surface area contributed by atoms with E-state index in [1.54, 1.807) is 12.1 Å². The van der Waals surface area contributed by atoms with Crippen molar-refractivity contribution in [2.75, 3.05) is 6.54 Å². The van der Waals surface area contributed by atoms with E-state index in [0.717, 1.165) is 11.3 Å². The first kappa shape index (κ1) is 13.3. The molecule has 1 aliphatic heterocycles. The number of thiophene rings is 1. The third-order valence-corrected chi connectivity index (χ3v) is 4.81. The molecule has 1 aliphatic rings. The summed E-state index contributed by atoms with van der Waals surface area (Å²) in [4.78, 5) is 23.8. The third-order valence-electron chi connectivity index (χ3n) is 3.17. The summed E-state index contributed by atoms with van der Waals surface area (Å²) >= 11 is 7.20. The van der Waals surface area contributed by atoms with Crippen LogP contribution < -0.4 is 10.6 Å². The van der Waals surface area contributed by atoms with Crippen molar-refractivity contribution in [3.8, 4) is 0 Å². The summed E-state index contributed by atoms with van der Waals surface area (Å²) < 4.78 is 14.3. The molecular formula is C13H10ClFN2O2S. The number of halogens is 2. The van der Waals surface area contributed by atoms with Crippen LogP contribution in [0.25, 0.3) is 10.1 Å². The molecule has 1 aromatic carbocycles. The molecule has 2 N–H and O–H groups in total. The van der Waals surface area contributed by atoms with Crippen LogP contribution in [0.1, 0.15) is 16.1 Å². The second-order valence-electron chi connectivity index (χ2n) is 4.46. The molecular weight excluding hydrogens is 303 g/mol. The summed E-state index contributed by atoms with van der Waals surface area (Å²) in [5.41, 5.74) is 0. The van der Waals surface area contributed by atoms with Crippen LogP contribution >= 0.6 is 22.9 Å². The maximum atomic E-state index is 13.7. The lowest BCUT2D eigenvalue weighted by atomic mass is 10.2. The largest absolute Gasteiger partial charge is 0.354 e. The summed E-state index contributed by atoms with van der Waals surface area (Å²) in [5.74, 6) is -1.11. The minimum atomic E-state index is -0.548. The van der Waals surface area contributed by atoms with Crippen LogP contribution in [-0.2, 0) is 4.79 Å². The lowest BCUT2D eigenvalue weighted by Crippen LogP contribution is -2.39. The molecule has 4 nitrogen and oxygen atoms in total. The average molecular weight is 313 g/mol. The number of carbonyl (C=O) groups excluding carboxylic acids is 2. The molecule has 0 unspecified atom stereocenters. The number of rotatable bonds is 2. The van der Waals surface area contributed by atoms with Gasteiger partial charge in [0.05, 0.1) is 5.02 Å². The highest BCUT2D eigenvalue weighted by Crippen LogP contribution is 2.36. The molecule has 1 aromatic heterocycles. The quantitative estimate of drug-likeness (QED) is 0.894. The summed E-state index contributed by atoms with van der Waals surface area (Å²) in [7, 11) is 0. The topological polar surface area (TPSA) is 58.2 Å². The number of benzene rings is 1. The van der Waals surface area contributed by atoms with Crippen LogP contribution in [0, 0.1) is 5.82 Å². The van der Waals surface area contributed by atoms with Gasteiger partial charge in [-0.1, -0.05) is 17.7 Å². The molecule has 2 aromatic rings. The van der Waals surface area contributed by atoms with Crippen LogP contribution in [0.5, 0.6) is 0 Å². The number of amides is 2. The maximum absolute atomic E-state index is 13.7. The van der Waals surface area contributed by atoms with Crippen molar-refractivity contribution in [1.82, 2.24) is 10.6 Å². The standard InChI is InChI=1S/C13H10ClFN2O2S/c14-10-9-6(15)2-1-3-8(9)20-11(10)13(19)17-7-4-5-16-12(7)18/h1-3,7H,4-5H2,(H,16,18)(H,17,19)/t7-/m0/s1. The van der Waals surface area contributed by atoms with Gasteiger partial charge in [0.25, 0.3) is 5.91 Å². The first-order valence-electron chi connectivity index (χ1n) is 6.03. The van der Waals surface area contributed by atoms with E-state index in [-0.39, 0.29) is 21.2 Å². The minimum absolute atomic E-state index is 0.0963. The molecule has 3 rings (SSSR count). The fourth-order valence-electron chi connectivity index (χ4n) is 2.17. The number of carbonyl (C=O) groups is 2. The predicted molar refractivity (Wildman–Crippen MR) is 75.7 cm³/mol. The lowest BCUT2D eigenvalue weighted by Gasteiger charge is -2.08. The molecule has 0 spiro atoms. The SMILES string of the molecule is O=C(N[C@H]1CCNC1=O)c1sc2cccc(F)c2c1Cl. The van der Waals surface area contributed by atoms with Gasteiger partial charge in [-0.05, 0) is 18.6 Å². The maximum Gasteiger partial charge on any atom is 0.263 e. The summed E-state index contributed by atoms with van der Waals surface area (Å²) in [5, 5.41) is 5.60. The van der Waals surface area contributed by atoms with Gasteiger partial charge in [-0.15, -0.1) is 11.3 Å². The van der Waals surface area contributed by atoms with E-state index in [4.69, 9.17) is 11.6 Å². The number of hydrogen-bond acceptors (Lipinski definition) is 3. The highest BCUT2D eigenvalue weighted by Gasteiger charge is 2.28. The van der Waals surface area contributed by atoms with Crippen LogP contribution in [0.15, 0.2) is 18.2 Å². The summed E-state index contributed by atoms with van der Waals surface area (Å²) in [6, 6.07) is 4.02. The fourth-order valence-corrected chi connectivity index (χ4v) is 3.63. The molecule has 7 heteroatoms. The Labute approximate surface area is 122 Å². The van der Waals surface area contributed by atoms with Crippen molar-refractivity contribution in [2.45, 2.75) is 12.5 Å². The average Bonchev–Trinajstić information content (AvgIpc) is 2.95. The normalized spacial score (nSPS) is 18.3. The van der Waals surface area contributed by atoms with E-state index >= 15 is 0 Å². The molecule has 0 aliphatic carbocycles. The van der Waals surface area contributed by atoms with Gasteiger partial charge in [-0.2, -0.15) is 0 Å². The second kappa shape index (κ2) is 5.03. The van der Waals surface area contributed by atoms with Gasteiger partial charge in [0, 0.05) is 16.6 Å². The van der Waals surface area contributed by atoms with Gasteiger partial charge < -0.3 is 10.6 Å². The number of nitrogens with one attached hydrogen (secondary N) is 2. The molecule has 1 fully saturated rings. The second-order valence-corrected chi connectivity index (χ2v) is 5.89. The Morgan fingerprint density at radius 2 is 2.30 bits per heavy atom. The van der Waals surface area contributed by atoms with Crippen LogP contribution in [0.4, 0.5) is 4.39 Å². The van der Waals surface area contributed by atoms with E-state index in [0.29, 0.717) is 17.7 Å². The third kappa shape index (κ3) is 2.14. The first-order valence-corrected chi connectivity index (χ1v) is 7.22. The molecule has 1 saturated heterocycles. The van der Waals surface area contributed by atoms with Crippen molar-refractivity contribution in [3.63, 3.8) is 0 Å². The van der Waals surface area contributed by atoms with Crippen LogP contribution in [0.2, 0.25) is 5.02 Å². The Hall–Kier alpha value is -1.66. The molecule has 20 heavy (non-hydrogen) atoms. The van der Waals surface area contributed by atoms with E-state index in [2.05, 4.69) is 10.6 Å². The first-order chi connectivity index (χ1) is 9.58. The molecule has 1 atom stereocenters. The van der Waals surface area contributed by atoms with Crippen molar-refractivity contribution in [2.24, 2.45) is 0 Å². The van der Waals surface area contributed by atoms with Gasteiger partial charge in [0.2, 0.25) is 5.91 Å². The number of hydrogen-bond donors (Lipinski definition) is 2. The van der Waals surface area contributed by atoms with Crippen molar-refractivity contribution >= 4 is 44.8 Å². The van der Waals surface area contributed by atoms with Crippen molar-refractivity contribution < 1.29 is 14.0 Å².